The van der Waals surface area contributed by atoms with Gasteiger partial charge in [-0.25, -0.2) is 0 Å². The Morgan fingerprint density at radius 1 is 1.07 bits per heavy atom. The molecular formula is C21H21N3O5. The number of esters is 1. The first-order chi connectivity index (χ1) is 14.0. The molecule has 0 unspecified atom stereocenters. The number of carbonyl (C=O) groups excluding carboxylic acids is 3. The number of rotatable bonds is 7. The molecule has 0 spiro atoms. The van der Waals surface area contributed by atoms with Crippen molar-refractivity contribution in [3.8, 4) is 5.75 Å². The summed E-state index contributed by atoms with van der Waals surface area (Å²) in [6.45, 7) is 0.949. The highest BCUT2D eigenvalue weighted by atomic mass is 16.5. The number of H-pyrrole nitrogens is 1. The minimum absolute atomic E-state index is 0.0542. The van der Waals surface area contributed by atoms with Crippen LogP contribution in [0.4, 0.5) is 11.4 Å². The van der Waals surface area contributed by atoms with E-state index < -0.39 is 18.5 Å². The third-order valence-corrected chi connectivity index (χ3v) is 4.17. The van der Waals surface area contributed by atoms with Crippen LogP contribution in [0.3, 0.4) is 0 Å². The van der Waals surface area contributed by atoms with Crippen LogP contribution in [0.15, 0.2) is 48.7 Å². The van der Waals surface area contributed by atoms with E-state index in [0.29, 0.717) is 17.1 Å². The van der Waals surface area contributed by atoms with Gasteiger partial charge in [-0.05, 0) is 29.8 Å². The number of ether oxygens (including phenoxy) is 2. The molecule has 3 aromatic rings. The Labute approximate surface area is 167 Å². The summed E-state index contributed by atoms with van der Waals surface area (Å²) in [4.78, 5) is 38.6. The third kappa shape index (κ3) is 5.13. The zero-order valence-corrected chi connectivity index (χ0v) is 16.1. The molecule has 1 aromatic heterocycles. The van der Waals surface area contributed by atoms with Crippen molar-refractivity contribution in [2.75, 3.05) is 24.4 Å². The molecule has 0 atom stereocenters. The van der Waals surface area contributed by atoms with Gasteiger partial charge in [0.25, 0.3) is 5.91 Å². The fraction of sp³-hybridized carbons (Fsp3) is 0.190. The first-order valence-electron chi connectivity index (χ1n) is 8.92. The summed E-state index contributed by atoms with van der Waals surface area (Å²) in [6.07, 6.45) is 1.81. The zero-order chi connectivity index (χ0) is 20.8. The normalized spacial score (nSPS) is 10.4. The van der Waals surface area contributed by atoms with Crippen LogP contribution in [0.5, 0.6) is 5.75 Å². The molecule has 1 heterocycles. The lowest BCUT2D eigenvalue weighted by Crippen LogP contribution is -2.22. The Kier molecular flexibility index (Phi) is 6.13. The number of carbonyl (C=O) groups is 3. The van der Waals surface area contributed by atoms with E-state index in [1.54, 1.807) is 24.4 Å². The molecule has 0 bridgehead atoms. The molecule has 3 rings (SSSR count). The van der Waals surface area contributed by atoms with Crippen LogP contribution in [-0.2, 0) is 25.5 Å². The fourth-order valence-corrected chi connectivity index (χ4v) is 2.90. The van der Waals surface area contributed by atoms with Gasteiger partial charge >= 0.3 is 5.97 Å². The van der Waals surface area contributed by atoms with Crippen molar-refractivity contribution in [1.82, 2.24) is 4.98 Å². The summed E-state index contributed by atoms with van der Waals surface area (Å²) in [5, 5.41) is 6.18. The number of hydrogen-bond donors (Lipinski definition) is 3. The molecule has 0 radical (unpaired) electrons. The van der Waals surface area contributed by atoms with Crippen LogP contribution in [0.2, 0.25) is 0 Å². The number of methoxy groups -OCH3 is 1. The second-order valence-electron chi connectivity index (χ2n) is 6.34. The van der Waals surface area contributed by atoms with Crippen LogP contribution in [0.25, 0.3) is 10.9 Å². The molecule has 0 aliphatic heterocycles. The largest absolute Gasteiger partial charge is 0.495 e. The minimum Gasteiger partial charge on any atom is -0.495 e. The Morgan fingerprint density at radius 2 is 1.86 bits per heavy atom. The number of fused-ring (bicyclic) bond motifs is 1. The lowest BCUT2D eigenvalue weighted by molar-refractivity contribution is -0.146. The summed E-state index contributed by atoms with van der Waals surface area (Å²) < 4.78 is 10.3. The van der Waals surface area contributed by atoms with Gasteiger partial charge < -0.3 is 25.1 Å². The highest BCUT2D eigenvalue weighted by Crippen LogP contribution is 2.27. The highest BCUT2D eigenvalue weighted by molar-refractivity contribution is 5.96. The maximum atomic E-state index is 12.2. The number of hydrogen-bond acceptors (Lipinski definition) is 5. The Bertz CT molecular complexity index is 1060. The molecular weight excluding hydrogens is 374 g/mol. The van der Waals surface area contributed by atoms with E-state index in [9.17, 15) is 14.4 Å². The van der Waals surface area contributed by atoms with Crippen LogP contribution >= 0.6 is 0 Å². The first kappa shape index (κ1) is 19.9. The smallest absolute Gasteiger partial charge is 0.310 e. The summed E-state index contributed by atoms with van der Waals surface area (Å²) in [5.74, 6) is -0.851. The number of benzene rings is 2. The number of anilines is 2. The molecule has 0 aliphatic carbocycles. The van der Waals surface area contributed by atoms with Gasteiger partial charge in [0, 0.05) is 29.7 Å². The van der Waals surface area contributed by atoms with Gasteiger partial charge in [0.2, 0.25) is 5.91 Å². The lowest BCUT2D eigenvalue weighted by atomic mass is 10.1. The number of aromatic nitrogens is 1. The minimum atomic E-state index is -0.518. The van der Waals surface area contributed by atoms with E-state index in [1.807, 2.05) is 24.3 Å². The van der Waals surface area contributed by atoms with E-state index >= 15 is 0 Å². The second kappa shape index (κ2) is 8.92. The van der Waals surface area contributed by atoms with Crippen LogP contribution in [0.1, 0.15) is 12.5 Å². The first-order valence-corrected chi connectivity index (χ1v) is 8.92. The molecule has 29 heavy (non-hydrogen) atoms. The molecule has 150 valence electrons. The van der Waals surface area contributed by atoms with Crippen molar-refractivity contribution in [3.05, 3.63) is 54.2 Å². The van der Waals surface area contributed by atoms with Gasteiger partial charge in [0.05, 0.1) is 19.2 Å². The molecule has 2 aromatic carbocycles. The number of nitrogens with one attached hydrogen (secondary N) is 3. The lowest BCUT2D eigenvalue weighted by Gasteiger charge is -2.12. The second-order valence-corrected chi connectivity index (χ2v) is 6.34. The quantitative estimate of drug-likeness (QED) is 0.533. The topological polar surface area (TPSA) is 110 Å². The average Bonchev–Trinajstić information content (AvgIpc) is 3.09. The van der Waals surface area contributed by atoms with E-state index in [-0.39, 0.29) is 12.3 Å². The maximum absolute atomic E-state index is 12.2. The molecule has 8 heteroatoms. The average molecular weight is 395 g/mol. The third-order valence-electron chi connectivity index (χ3n) is 4.17. The SMILES string of the molecule is COc1ccc(NC(C)=O)cc1NC(=O)COC(=O)Cc1c[nH]c2ccccc12. The van der Waals surface area contributed by atoms with Crippen molar-refractivity contribution < 1.29 is 23.9 Å². The molecule has 8 nitrogen and oxygen atoms in total. The van der Waals surface area contributed by atoms with E-state index in [1.165, 1.54) is 14.0 Å². The summed E-state index contributed by atoms with van der Waals surface area (Å²) in [6, 6.07) is 12.4. The van der Waals surface area contributed by atoms with E-state index in [2.05, 4.69) is 15.6 Å². The predicted octanol–water partition coefficient (Wildman–Crippen LogP) is 2.86. The van der Waals surface area contributed by atoms with E-state index in [0.717, 1.165) is 16.5 Å². The monoisotopic (exact) mass is 395 g/mol. The molecule has 0 saturated carbocycles. The molecule has 2 amide bonds. The van der Waals surface area contributed by atoms with Crippen LogP contribution in [0, 0.1) is 0 Å². The zero-order valence-electron chi connectivity index (χ0n) is 16.1. The Hall–Kier alpha value is -3.81. The highest BCUT2D eigenvalue weighted by Gasteiger charge is 2.14. The maximum Gasteiger partial charge on any atom is 0.310 e. The Morgan fingerprint density at radius 3 is 2.62 bits per heavy atom. The van der Waals surface area contributed by atoms with Gasteiger partial charge in [-0.15, -0.1) is 0 Å². The number of aromatic amines is 1. The standard InChI is InChI=1S/C21H21N3O5/c1-13(25)23-15-7-8-19(28-2)18(10-15)24-20(26)12-29-21(27)9-14-11-22-17-6-4-3-5-16(14)17/h3-8,10-11,22H,9,12H2,1-2H3,(H,23,25)(H,24,26). The fourth-order valence-electron chi connectivity index (χ4n) is 2.90. The van der Waals surface area contributed by atoms with Crippen molar-refractivity contribution in [1.29, 1.82) is 0 Å². The van der Waals surface area contributed by atoms with Crippen LogP contribution in [-0.4, -0.2) is 36.5 Å². The molecule has 0 aliphatic rings. The number of para-hydroxylation sites is 1. The Balaban J connectivity index is 1.58. The van der Waals surface area contributed by atoms with Crippen molar-refractivity contribution >= 4 is 40.1 Å². The van der Waals surface area contributed by atoms with Gasteiger partial charge in [-0.3, -0.25) is 14.4 Å². The van der Waals surface area contributed by atoms with Gasteiger partial charge in [0.1, 0.15) is 5.75 Å². The van der Waals surface area contributed by atoms with Crippen molar-refractivity contribution in [2.24, 2.45) is 0 Å². The van der Waals surface area contributed by atoms with Crippen LogP contribution < -0.4 is 15.4 Å². The van der Waals surface area contributed by atoms with Gasteiger partial charge in [0.15, 0.2) is 6.61 Å². The van der Waals surface area contributed by atoms with E-state index in [4.69, 9.17) is 9.47 Å². The number of amides is 2. The summed E-state index contributed by atoms with van der Waals surface area (Å²) in [7, 11) is 1.46. The van der Waals surface area contributed by atoms with Crippen molar-refractivity contribution in [3.63, 3.8) is 0 Å². The van der Waals surface area contributed by atoms with Crippen molar-refractivity contribution in [2.45, 2.75) is 13.3 Å². The molecule has 0 saturated heterocycles. The predicted molar refractivity (Wildman–Crippen MR) is 109 cm³/mol. The van der Waals surface area contributed by atoms with Gasteiger partial charge in [-0.2, -0.15) is 0 Å². The van der Waals surface area contributed by atoms with Gasteiger partial charge in [-0.1, -0.05) is 18.2 Å². The molecule has 3 N–H and O–H groups in total. The summed E-state index contributed by atoms with van der Waals surface area (Å²) >= 11 is 0. The molecule has 0 fully saturated rings. The summed E-state index contributed by atoms with van der Waals surface area (Å²) in [5.41, 5.74) is 2.59.